The van der Waals surface area contributed by atoms with E-state index >= 15 is 0 Å². The summed E-state index contributed by atoms with van der Waals surface area (Å²) in [7, 11) is -4.21. The maximum Gasteiger partial charge on any atom is 0.337 e. The van der Waals surface area contributed by atoms with Gasteiger partial charge in [-0.3, -0.25) is 4.84 Å². The van der Waals surface area contributed by atoms with Crippen LogP contribution in [0.4, 0.5) is 5.69 Å². The monoisotopic (exact) mass is 436 g/mol. The van der Waals surface area contributed by atoms with E-state index in [0.29, 0.717) is 5.76 Å². The first-order valence-electron chi connectivity index (χ1n) is 8.37. The van der Waals surface area contributed by atoms with Crippen LogP contribution in [-0.2, 0) is 28.0 Å². The standard InChI is InChI=1S/C19H17ClN2O6S/c20-16-10-17(21-11-14-7-4-8-27-14)15(19(23)24)9-18(16)29(25,26)22-28-12-13-5-2-1-3-6-13/h1-10,21-22H,11-12H2,(H,23,24). The third kappa shape index (κ3) is 5.36. The molecular formula is C19H17ClN2O6S. The summed E-state index contributed by atoms with van der Waals surface area (Å²) in [5, 5.41) is 12.2. The Balaban J connectivity index is 1.78. The average Bonchev–Trinajstić information content (AvgIpc) is 3.20. The van der Waals surface area contributed by atoms with Crippen molar-refractivity contribution in [3.05, 3.63) is 82.8 Å². The smallest absolute Gasteiger partial charge is 0.337 e. The third-order valence-electron chi connectivity index (χ3n) is 3.88. The summed E-state index contributed by atoms with van der Waals surface area (Å²) < 4.78 is 30.2. The van der Waals surface area contributed by atoms with Gasteiger partial charge in [-0.1, -0.05) is 46.8 Å². The molecule has 0 radical (unpaired) electrons. The fourth-order valence-electron chi connectivity index (χ4n) is 2.49. The quantitative estimate of drug-likeness (QED) is 0.438. The molecule has 0 spiro atoms. The number of carboxylic acids is 1. The van der Waals surface area contributed by atoms with Crippen LogP contribution >= 0.6 is 11.6 Å². The van der Waals surface area contributed by atoms with Crippen molar-refractivity contribution in [2.24, 2.45) is 0 Å². The van der Waals surface area contributed by atoms with Crippen molar-refractivity contribution in [1.82, 2.24) is 4.89 Å². The predicted octanol–water partition coefficient (Wildman–Crippen LogP) is 3.65. The summed E-state index contributed by atoms with van der Waals surface area (Å²) in [5.74, 6) is -0.740. The number of carboxylic acid groups (broad SMARTS) is 1. The Kier molecular flexibility index (Phi) is 6.55. The van der Waals surface area contributed by atoms with Gasteiger partial charge in [-0.15, -0.1) is 0 Å². The van der Waals surface area contributed by atoms with Crippen molar-refractivity contribution in [1.29, 1.82) is 0 Å². The molecule has 0 fully saturated rings. The van der Waals surface area contributed by atoms with Crippen LogP contribution in [0.15, 0.2) is 70.2 Å². The maximum atomic E-state index is 12.5. The van der Waals surface area contributed by atoms with Gasteiger partial charge in [-0.2, -0.15) is 0 Å². The van der Waals surface area contributed by atoms with Crippen LogP contribution in [0, 0.1) is 0 Å². The molecule has 0 atom stereocenters. The Morgan fingerprint density at radius 3 is 2.55 bits per heavy atom. The summed E-state index contributed by atoms with van der Waals surface area (Å²) in [6.07, 6.45) is 1.49. The van der Waals surface area contributed by atoms with Crippen LogP contribution < -0.4 is 10.2 Å². The molecule has 3 N–H and O–H groups in total. The van der Waals surface area contributed by atoms with E-state index in [2.05, 4.69) is 5.32 Å². The van der Waals surface area contributed by atoms with Gasteiger partial charge in [0.25, 0.3) is 10.0 Å². The molecule has 0 saturated carbocycles. The number of rotatable bonds is 9. The highest BCUT2D eigenvalue weighted by Crippen LogP contribution is 2.29. The van der Waals surface area contributed by atoms with Gasteiger partial charge in [-0.25, -0.2) is 13.2 Å². The van der Waals surface area contributed by atoms with Crippen molar-refractivity contribution >= 4 is 33.3 Å². The lowest BCUT2D eigenvalue weighted by molar-refractivity contribution is 0.0697. The molecule has 1 aromatic heterocycles. The van der Waals surface area contributed by atoms with Crippen LogP contribution in [0.25, 0.3) is 0 Å². The number of anilines is 1. The molecule has 10 heteroatoms. The first-order chi connectivity index (χ1) is 13.9. The van der Waals surface area contributed by atoms with E-state index in [4.69, 9.17) is 20.9 Å². The molecule has 0 aliphatic carbocycles. The van der Waals surface area contributed by atoms with Gasteiger partial charge in [0.15, 0.2) is 0 Å². The Labute approximate surface area is 172 Å². The van der Waals surface area contributed by atoms with Crippen molar-refractivity contribution in [2.45, 2.75) is 18.0 Å². The molecule has 3 rings (SSSR count). The molecule has 29 heavy (non-hydrogen) atoms. The summed E-state index contributed by atoms with van der Waals surface area (Å²) in [6.45, 7) is 0.195. The molecule has 0 aliphatic heterocycles. The highest BCUT2D eigenvalue weighted by molar-refractivity contribution is 7.89. The zero-order valence-electron chi connectivity index (χ0n) is 15.0. The SMILES string of the molecule is O=C(O)c1cc(S(=O)(=O)NOCc2ccccc2)c(Cl)cc1NCc1ccco1. The molecule has 0 unspecified atom stereocenters. The minimum Gasteiger partial charge on any atom is -0.478 e. The van der Waals surface area contributed by atoms with E-state index < -0.39 is 20.9 Å². The van der Waals surface area contributed by atoms with Crippen molar-refractivity contribution in [3.8, 4) is 0 Å². The molecule has 8 nitrogen and oxygen atoms in total. The lowest BCUT2D eigenvalue weighted by atomic mass is 10.1. The largest absolute Gasteiger partial charge is 0.478 e. The van der Waals surface area contributed by atoms with E-state index in [1.165, 1.54) is 12.3 Å². The number of aromatic carboxylic acids is 1. The number of carbonyl (C=O) groups is 1. The molecule has 0 aliphatic rings. The van der Waals surface area contributed by atoms with E-state index in [1.54, 1.807) is 36.4 Å². The number of sulfonamides is 1. The Morgan fingerprint density at radius 2 is 1.90 bits per heavy atom. The third-order valence-corrected chi connectivity index (χ3v) is 5.55. The highest BCUT2D eigenvalue weighted by atomic mass is 35.5. The van der Waals surface area contributed by atoms with Crippen LogP contribution in [0.2, 0.25) is 5.02 Å². The molecule has 0 bridgehead atoms. The van der Waals surface area contributed by atoms with Crippen LogP contribution in [-0.4, -0.2) is 19.5 Å². The van der Waals surface area contributed by atoms with E-state index in [0.717, 1.165) is 11.6 Å². The van der Waals surface area contributed by atoms with E-state index in [1.807, 2.05) is 11.0 Å². The zero-order valence-corrected chi connectivity index (χ0v) is 16.5. The summed E-state index contributed by atoms with van der Waals surface area (Å²) in [6, 6.07) is 14.5. The number of hydrogen-bond acceptors (Lipinski definition) is 6. The number of furan rings is 1. The molecule has 2 aromatic carbocycles. The Hall–Kier alpha value is -2.85. The number of nitrogens with one attached hydrogen (secondary N) is 2. The summed E-state index contributed by atoms with van der Waals surface area (Å²) in [4.78, 5) is 18.2. The summed E-state index contributed by atoms with van der Waals surface area (Å²) in [5.41, 5.74) is 0.650. The van der Waals surface area contributed by atoms with Gasteiger partial charge in [-0.05, 0) is 29.8 Å². The number of benzene rings is 2. The van der Waals surface area contributed by atoms with Crippen molar-refractivity contribution in [2.75, 3.05) is 5.32 Å². The maximum absolute atomic E-state index is 12.5. The molecule has 3 aromatic rings. The minimum absolute atomic E-state index is 0.00768. The number of hydrogen-bond donors (Lipinski definition) is 3. The topological polar surface area (TPSA) is 118 Å². The van der Waals surface area contributed by atoms with Crippen LogP contribution in [0.1, 0.15) is 21.7 Å². The fourth-order valence-corrected chi connectivity index (χ4v) is 3.85. The summed E-state index contributed by atoms with van der Waals surface area (Å²) >= 11 is 6.12. The van der Waals surface area contributed by atoms with Gasteiger partial charge in [0.1, 0.15) is 10.7 Å². The van der Waals surface area contributed by atoms with Gasteiger partial charge >= 0.3 is 5.97 Å². The van der Waals surface area contributed by atoms with E-state index in [9.17, 15) is 18.3 Å². The second-order valence-electron chi connectivity index (χ2n) is 5.93. The van der Waals surface area contributed by atoms with Crippen molar-refractivity contribution in [3.63, 3.8) is 0 Å². The highest BCUT2D eigenvalue weighted by Gasteiger charge is 2.23. The molecule has 0 amide bonds. The molecule has 0 saturated heterocycles. The minimum atomic E-state index is -4.21. The second kappa shape index (κ2) is 9.10. The van der Waals surface area contributed by atoms with Crippen LogP contribution in [0.3, 0.4) is 0 Å². The normalized spacial score (nSPS) is 11.3. The fraction of sp³-hybridized carbons (Fsp3) is 0.105. The van der Waals surface area contributed by atoms with Gasteiger partial charge in [0.05, 0.1) is 35.7 Å². The van der Waals surface area contributed by atoms with Gasteiger partial charge < -0.3 is 14.8 Å². The van der Waals surface area contributed by atoms with Crippen molar-refractivity contribution < 1.29 is 27.6 Å². The predicted molar refractivity (Wildman–Crippen MR) is 106 cm³/mol. The Bertz CT molecular complexity index is 1090. The molecule has 152 valence electrons. The molecule has 1 heterocycles. The van der Waals surface area contributed by atoms with E-state index in [-0.39, 0.29) is 29.4 Å². The first-order valence-corrected chi connectivity index (χ1v) is 10.2. The second-order valence-corrected chi connectivity index (χ2v) is 7.95. The molecular weight excluding hydrogens is 420 g/mol. The zero-order chi connectivity index (χ0) is 20.9. The first kappa shape index (κ1) is 20.9. The Morgan fingerprint density at radius 1 is 1.14 bits per heavy atom. The lowest BCUT2D eigenvalue weighted by Crippen LogP contribution is -2.24. The lowest BCUT2D eigenvalue weighted by Gasteiger charge is -2.13. The van der Waals surface area contributed by atoms with Gasteiger partial charge in [0.2, 0.25) is 0 Å². The van der Waals surface area contributed by atoms with Crippen LogP contribution in [0.5, 0.6) is 0 Å². The number of halogens is 1. The average molecular weight is 437 g/mol. The van der Waals surface area contributed by atoms with Gasteiger partial charge in [0, 0.05) is 0 Å².